The van der Waals surface area contributed by atoms with Crippen molar-refractivity contribution in [2.45, 2.75) is 0 Å². The normalized spacial score (nSPS) is 13.9. The molecule has 0 aromatic heterocycles. The summed E-state index contributed by atoms with van der Waals surface area (Å²) in [6.07, 6.45) is 0. The molecule has 1 amide bonds. The largest absolute Gasteiger partial charge is 0.472 e. The van der Waals surface area contributed by atoms with Gasteiger partial charge in [0, 0.05) is 10.7 Å². The Labute approximate surface area is 132 Å². The summed E-state index contributed by atoms with van der Waals surface area (Å²) < 4.78 is 5.77. The summed E-state index contributed by atoms with van der Waals surface area (Å²) in [7, 11) is 0. The average Bonchev–Trinajstić information content (AvgIpc) is 2.56. The smallest absolute Gasteiger partial charge is 0.265 e. The zero-order valence-electron chi connectivity index (χ0n) is 11.6. The Hall–Kier alpha value is -2.52. The third kappa shape index (κ3) is 2.02. The van der Waals surface area contributed by atoms with Crippen LogP contribution in [-0.4, -0.2) is 12.6 Å². The van der Waals surface area contributed by atoms with E-state index in [0.29, 0.717) is 16.3 Å². The Bertz CT molecular complexity index is 874. The van der Waals surface area contributed by atoms with E-state index < -0.39 is 0 Å². The van der Waals surface area contributed by atoms with Gasteiger partial charge >= 0.3 is 0 Å². The molecule has 1 heterocycles. The SMILES string of the molecule is O=C1c2c(ccc3ccccc23)OCN1c1ccc(Cl)cc1. The molecular formula is C18H12ClNO2. The number of hydrogen-bond acceptors (Lipinski definition) is 2. The van der Waals surface area contributed by atoms with E-state index in [1.165, 1.54) is 0 Å². The lowest BCUT2D eigenvalue weighted by molar-refractivity contribution is 0.0939. The van der Waals surface area contributed by atoms with E-state index >= 15 is 0 Å². The molecule has 4 heteroatoms. The second kappa shape index (κ2) is 5.04. The van der Waals surface area contributed by atoms with Gasteiger partial charge in [0.05, 0.1) is 5.56 Å². The van der Waals surface area contributed by atoms with Gasteiger partial charge in [0.25, 0.3) is 5.91 Å². The highest BCUT2D eigenvalue weighted by Crippen LogP contribution is 2.34. The zero-order valence-corrected chi connectivity index (χ0v) is 12.4. The van der Waals surface area contributed by atoms with Crippen molar-refractivity contribution in [1.29, 1.82) is 0 Å². The van der Waals surface area contributed by atoms with Crippen molar-refractivity contribution < 1.29 is 9.53 Å². The average molecular weight is 310 g/mol. The van der Waals surface area contributed by atoms with E-state index in [9.17, 15) is 4.79 Å². The van der Waals surface area contributed by atoms with Crippen LogP contribution in [0, 0.1) is 0 Å². The number of carbonyl (C=O) groups is 1. The number of amides is 1. The van der Waals surface area contributed by atoms with Crippen LogP contribution in [0.15, 0.2) is 60.7 Å². The molecule has 3 aromatic rings. The molecule has 0 fully saturated rings. The fourth-order valence-corrected chi connectivity index (χ4v) is 2.86. The summed E-state index contributed by atoms with van der Waals surface area (Å²) >= 11 is 5.91. The molecule has 22 heavy (non-hydrogen) atoms. The van der Waals surface area contributed by atoms with Gasteiger partial charge in [0.2, 0.25) is 0 Å². The molecule has 0 aliphatic carbocycles. The molecule has 0 atom stereocenters. The molecule has 0 bridgehead atoms. The van der Waals surface area contributed by atoms with Crippen LogP contribution in [0.25, 0.3) is 10.8 Å². The number of anilines is 1. The first-order valence-electron chi connectivity index (χ1n) is 6.96. The van der Waals surface area contributed by atoms with Crippen molar-refractivity contribution in [1.82, 2.24) is 0 Å². The van der Waals surface area contributed by atoms with E-state index in [1.807, 2.05) is 48.5 Å². The summed E-state index contributed by atoms with van der Waals surface area (Å²) in [5, 5.41) is 2.57. The lowest BCUT2D eigenvalue weighted by Gasteiger charge is -2.29. The topological polar surface area (TPSA) is 29.5 Å². The van der Waals surface area contributed by atoms with Gasteiger partial charge in [-0.05, 0) is 41.1 Å². The lowest BCUT2D eigenvalue weighted by Crippen LogP contribution is -2.38. The van der Waals surface area contributed by atoms with Gasteiger partial charge in [0.1, 0.15) is 5.75 Å². The molecule has 0 radical (unpaired) electrons. The van der Waals surface area contributed by atoms with E-state index in [2.05, 4.69) is 0 Å². The molecule has 3 nitrogen and oxygen atoms in total. The minimum absolute atomic E-state index is 0.0552. The minimum atomic E-state index is -0.0552. The zero-order chi connectivity index (χ0) is 15.1. The van der Waals surface area contributed by atoms with Crippen LogP contribution >= 0.6 is 11.6 Å². The summed E-state index contributed by atoms with van der Waals surface area (Å²) in [6.45, 7) is 0.200. The predicted molar refractivity (Wildman–Crippen MR) is 87.7 cm³/mol. The second-order valence-electron chi connectivity index (χ2n) is 5.14. The van der Waals surface area contributed by atoms with Gasteiger partial charge in [0.15, 0.2) is 6.73 Å². The Kier molecular flexibility index (Phi) is 3.01. The van der Waals surface area contributed by atoms with Gasteiger partial charge in [-0.25, -0.2) is 0 Å². The number of ether oxygens (including phenoxy) is 1. The highest BCUT2D eigenvalue weighted by atomic mass is 35.5. The van der Waals surface area contributed by atoms with E-state index in [0.717, 1.165) is 16.5 Å². The maximum absolute atomic E-state index is 12.9. The maximum Gasteiger partial charge on any atom is 0.265 e. The minimum Gasteiger partial charge on any atom is -0.472 e. The van der Waals surface area contributed by atoms with Crippen molar-refractivity contribution in [2.24, 2.45) is 0 Å². The summed E-state index contributed by atoms with van der Waals surface area (Å²) in [4.78, 5) is 14.5. The van der Waals surface area contributed by atoms with Crippen molar-refractivity contribution in [3.05, 3.63) is 71.2 Å². The number of fused-ring (bicyclic) bond motifs is 3. The molecule has 1 aliphatic rings. The molecule has 0 unspecified atom stereocenters. The van der Waals surface area contributed by atoms with E-state index in [-0.39, 0.29) is 12.6 Å². The molecule has 4 rings (SSSR count). The van der Waals surface area contributed by atoms with Crippen LogP contribution < -0.4 is 9.64 Å². The maximum atomic E-state index is 12.9. The fourth-order valence-electron chi connectivity index (χ4n) is 2.73. The first-order valence-corrected chi connectivity index (χ1v) is 7.34. The number of benzene rings is 3. The number of nitrogens with zero attached hydrogens (tertiary/aromatic N) is 1. The van der Waals surface area contributed by atoms with Crippen LogP contribution in [0.3, 0.4) is 0 Å². The van der Waals surface area contributed by atoms with Crippen LogP contribution in [0.2, 0.25) is 5.02 Å². The summed E-state index contributed by atoms with van der Waals surface area (Å²) in [6, 6.07) is 18.8. The Morgan fingerprint density at radius 3 is 2.55 bits per heavy atom. The Morgan fingerprint density at radius 1 is 0.955 bits per heavy atom. The number of halogens is 1. The standard InChI is InChI=1S/C18H12ClNO2/c19-13-6-8-14(9-7-13)20-11-22-16-10-5-12-3-1-2-4-15(12)17(16)18(20)21/h1-10H,11H2. The van der Waals surface area contributed by atoms with Gasteiger partial charge < -0.3 is 4.74 Å². The Morgan fingerprint density at radius 2 is 1.73 bits per heavy atom. The highest BCUT2D eigenvalue weighted by molar-refractivity contribution is 6.30. The number of carbonyl (C=O) groups excluding carboxylic acids is 1. The van der Waals surface area contributed by atoms with Gasteiger partial charge in [-0.15, -0.1) is 0 Å². The molecule has 1 aliphatic heterocycles. The van der Waals surface area contributed by atoms with Crippen LogP contribution in [0.4, 0.5) is 5.69 Å². The van der Waals surface area contributed by atoms with Crippen molar-refractivity contribution in [2.75, 3.05) is 11.6 Å². The highest BCUT2D eigenvalue weighted by Gasteiger charge is 2.28. The first-order chi connectivity index (χ1) is 10.7. The first kappa shape index (κ1) is 13.2. The molecular weight excluding hydrogens is 298 g/mol. The Balaban J connectivity index is 1.85. The molecule has 3 aromatic carbocycles. The molecule has 0 spiro atoms. The van der Waals surface area contributed by atoms with Crippen molar-refractivity contribution >= 4 is 34.0 Å². The second-order valence-corrected chi connectivity index (χ2v) is 5.58. The summed E-state index contributed by atoms with van der Waals surface area (Å²) in [5.41, 5.74) is 1.38. The van der Waals surface area contributed by atoms with E-state index in [4.69, 9.17) is 16.3 Å². The molecule has 0 N–H and O–H groups in total. The molecule has 0 saturated heterocycles. The number of rotatable bonds is 1. The quantitative estimate of drug-likeness (QED) is 0.663. The third-order valence-electron chi connectivity index (χ3n) is 3.84. The fraction of sp³-hybridized carbons (Fsp3) is 0.0556. The lowest BCUT2D eigenvalue weighted by atomic mass is 10.0. The van der Waals surface area contributed by atoms with E-state index in [1.54, 1.807) is 17.0 Å². The van der Waals surface area contributed by atoms with Crippen LogP contribution in [0.1, 0.15) is 10.4 Å². The number of hydrogen-bond donors (Lipinski definition) is 0. The van der Waals surface area contributed by atoms with Crippen molar-refractivity contribution in [3.8, 4) is 5.75 Å². The summed E-state index contributed by atoms with van der Waals surface area (Å²) in [5.74, 6) is 0.578. The third-order valence-corrected chi connectivity index (χ3v) is 4.09. The van der Waals surface area contributed by atoms with Gasteiger partial charge in [-0.3, -0.25) is 9.69 Å². The molecule has 108 valence electrons. The van der Waals surface area contributed by atoms with Gasteiger partial charge in [-0.2, -0.15) is 0 Å². The van der Waals surface area contributed by atoms with Gasteiger partial charge in [-0.1, -0.05) is 41.9 Å². The van der Waals surface area contributed by atoms with Crippen molar-refractivity contribution in [3.63, 3.8) is 0 Å². The van der Waals surface area contributed by atoms with Crippen LogP contribution in [0.5, 0.6) is 5.75 Å². The predicted octanol–water partition coefficient (Wildman–Crippen LogP) is 4.49. The monoisotopic (exact) mass is 309 g/mol. The van der Waals surface area contributed by atoms with Crippen LogP contribution in [-0.2, 0) is 0 Å². The molecule has 0 saturated carbocycles.